The van der Waals surface area contributed by atoms with Crippen molar-refractivity contribution in [3.63, 3.8) is 0 Å². The number of ether oxygens (including phenoxy) is 1. The molecule has 0 spiro atoms. The number of carbonyl (C=O) groups is 1. The molecule has 1 aliphatic rings. The van der Waals surface area contributed by atoms with Crippen LogP contribution in [0.15, 0.2) is 36.0 Å². The number of hydrogen-bond donors (Lipinski definition) is 1. The van der Waals surface area contributed by atoms with E-state index >= 15 is 0 Å². The minimum Gasteiger partial charge on any atom is -0.444 e. The molecule has 1 fully saturated rings. The first kappa shape index (κ1) is 24.5. The van der Waals surface area contributed by atoms with Gasteiger partial charge < -0.3 is 14.7 Å². The summed E-state index contributed by atoms with van der Waals surface area (Å²) in [5.41, 5.74) is 0.590. The van der Waals surface area contributed by atoms with E-state index in [0.717, 1.165) is 19.3 Å². The summed E-state index contributed by atoms with van der Waals surface area (Å²) < 4.78 is 5.44. The van der Waals surface area contributed by atoms with Gasteiger partial charge in [0.2, 0.25) is 0 Å². The first-order chi connectivity index (χ1) is 12.2. The Balaban J connectivity index is 0.00000301. The summed E-state index contributed by atoms with van der Waals surface area (Å²) in [6.45, 7) is 15.0. The maximum absolute atomic E-state index is 12.2. The van der Waals surface area contributed by atoms with Gasteiger partial charge in [-0.1, -0.05) is 49.8 Å². The molecule has 0 atom stereocenters. The molecule has 0 aromatic heterocycles. The van der Waals surface area contributed by atoms with Crippen LogP contribution in [0.4, 0.5) is 4.79 Å². The summed E-state index contributed by atoms with van der Waals surface area (Å²) in [6.07, 6.45) is 12.4. The predicted octanol–water partition coefficient (Wildman–Crippen LogP) is 5.49. The molecular weight excluding hydrogens is 326 g/mol. The third kappa shape index (κ3) is 8.70. The summed E-state index contributed by atoms with van der Waals surface area (Å²) in [6, 6.07) is 0. The third-order valence-electron chi connectivity index (χ3n) is 4.37. The number of amides is 1. The molecule has 1 saturated heterocycles. The van der Waals surface area contributed by atoms with E-state index in [1.165, 1.54) is 5.57 Å². The molecule has 1 N–H and O–H groups in total. The van der Waals surface area contributed by atoms with Crippen molar-refractivity contribution < 1.29 is 14.6 Å². The molecule has 1 heterocycles. The van der Waals surface area contributed by atoms with Gasteiger partial charge in [0.05, 0.1) is 0 Å². The zero-order chi connectivity index (χ0) is 20.2. The van der Waals surface area contributed by atoms with Crippen LogP contribution in [0.2, 0.25) is 0 Å². The van der Waals surface area contributed by atoms with Crippen molar-refractivity contribution in [3.05, 3.63) is 36.0 Å². The van der Waals surface area contributed by atoms with Crippen LogP contribution >= 0.6 is 0 Å². The maximum atomic E-state index is 12.2. The molecule has 1 aliphatic heterocycles. The van der Waals surface area contributed by atoms with Gasteiger partial charge in [-0.3, -0.25) is 0 Å². The Kier molecular flexibility index (Phi) is 11.2. The zero-order valence-corrected chi connectivity index (χ0v) is 17.8. The van der Waals surface area contributed by atoms with Gasteiger partial charge in [-0.15, -0.1) is 0 Å². The van der Waals surface area contributed by atoms with Crippen molar-refractivity contribution in [2.75, 3.05) is 19.7 Å². The molecule has 1 rings (SSSR count). The average molecular weight is 366 g/mol. The quantitative estimate of drug-likeness (QED) is 0.655. The molecule has 150 valence electrons. The Morgan fingerprint density at radius 2 is 1.73 bits per heavy atom. The summed E-state index contributed by atoms with van der Waals surface area (Å²) in [5, 5.41) is 9.97. The number of likely N-dealkylation sites (tertiary alicyclic amines) is 1. The second kappa shape index (κ2) is 11.9. The van der Waals surface area contributed by atoms with Crippen molar-refractivity contribution in [1.82, 2.24) is 4.90 Å². The minimum absolute atomic E-state index is 0.143. The average Bonchev–Trinajstić information content (AvgIpc) is 2.61. The Bertz CT molecular complexity index is 490. The van der Waals surface area contributed by atoms with Gasteiger partial charge in [-0.2, -0.15) is 0 Å². The fourth-order valence-corrected chi connectivity index (χ4v) is 2.86. The van der Waals surface area contributed by atoms with E-state index in [9.17, 15) is 9.90 Å². The third-order valence-corrected chi connectivity index (χ3v) is 4.37. The highest BCUT2D eigenvalue weighted by Gasteiger charge is 2.36. The molecular formula is C22H39NO3. The number of hydrogen-bond acceptors (Lipinski definition) is 3. The molecule has 4 nitrogen and oxygen atoms in total. The van der Waals surface area contributed by atoms with E-state index in [4.69, 9.17) is 4.74 Å². The fourth-order valence-electron chi connectivity index (χ4n) is 2.86. The first-order valence-electron chi connectivity index (χ1n) is 9.78. The van der Waals surface area contributed by atoms with Crippen LogP contribution in [0, 0.1) is 5.41 Å². The second-order valence-electron chi connectivity index (χ2n) is 7.55. The molecule has 0 bridgehead atoms. The van der Waals surface area contributed by atoms with Crippen LogP contribution in [-0.4, -0.2) is 41.4 Å². The van der Waals surface area contributed by atoms with E-state index in [1.54, 1.807) is 4.90 Å². The predicted molar refractivity (Wildman–Crippen MR) is 110 cm³/mol. The van der Waals surface area contributed by atoms with Gasteiger partial charge in [0, 0.05) is 25.1 Å². The summed E-state index contributed by atoms with van der Waals surface area (Å²) in [7, 11) is 0. The standard InChI is InChI=1S/C20H33NO3.C2H6/c1-6-8-9-10-17(7-2)15-20(16-22)11-13-21(14-12-20)18(23)24-19(3,4)5;1-2/h6-10,22H,11-16H2,1-5H3;1-2H3/b8-6-,10-9-,17-7+;. The van der Waals surface area contributed by atoms with Crippen molar-refractivity contribution in [3.8, 4) is 0 Å². The van der Waals surface area contributed by atoms with E-state index in [1.807, 2.05) is 66.7 Å². The normalized spacial score (nSPS) is 18.0. The lowest BCUT2D eigenvalue weighted by Gasteiger charge is -2.41. The van der Waals surface area contributed by atoms with Gasteiger partial charge in [0.1, 0.15) is 5.60 Å². The largest absolute Gasteiger partial charge is 0.444 e. The van der Waals surface area contributed by atoms with E-state index in [2.05, 4.69) is 12.2 Å². The van der Waals surface area contributed by atoms with E-state index < -0.39 is 5.60 Å². The smallest absolute Gasteiger partial charge is 0.410 e. The van der Waals surface area contributed by atoms with Crippen LogP contribution in [-0.2, 0) is 4.74 Å². The monoisotopic (exact) mass is 365 g/mol. The van der Waals surface area contributed by atoms with Crippen LogP contribution in [0.1, 0.15) is 67.7 Å². The number of aliphatic hydroxyl groups is 1. The van der Waals surface area contributed by atoms with Crippen molar-refractivity contribution >= 4 is 6.09 Å². The molecule has 1 amide bonds. The molecule has 0 unspecified atom stereocenters. The highest BCUT2D eigenvalue weighted by atomic mass is 16.6. The first-order valence-corrected chi connectivity index (χ1v) is 9.78. The molecule has 0 saturated carbocycles. The Morgan fingerprint density at radius 3 is 2.15 bits per heavy atom. The van der Waals surface area contributed by atoms with Crippen molar-refractivity contribution in [2.24, 2.45) is 5.41 Å². The SMILES string of the molecule is CC.C\C=C/C=C\C(=C/C)CC1(CO)CCN(C(=O)OC(C)(C)C)CC1. The molecule has 0 aromatic rings. The van der Waals surface area contributed by atoms with E-state index in [0.29, 0.717) is 13.1 Å². The van der Waals surface area contributed by atoms with Gasteiger partial charge in [-0.25, -0.2) is 4.79 Å². The molecule has 0 radical (unpaired) electrons. The Labute approximate surface area is 160 Å². The Hall–Kier alpha value is -1.55. The minimum atomic E-state index is -0.474. The highest BCUT2D eigenvalue weighted by Crippen LogP contribution is 2.37. The molecule has 26 heavy (non-hydrogen) atoms. The topological polar surface area (TPSA) is 49.8 Å². The van der Waals surface area contributed by atoms with Crippen LogP contribution in [0.3, 0.4) is 0 Å². The number of allylic oxidation sites excluding steroid dienone is 6. The Morgan fingerprint density at radius 1 is 1.15 bits per heavy atom. The van der Waals surface area contributed by atoms with E-state index in [-0.39, 0.29) is 18.1 Å². The number of nitrogens with zero attached hydrogens (tertiary/aromatic N) is 1. The lowest BCUT2D eigenvalue weighted by molar-refractivity contribution is 0.00000175. The number of aliphatic hydroxyl groups excluding tert-OH is 1. The molecule has 0 aromatic carbocycles. The van der Waals surface area contributed by atoms with Gasteiger partial charge in [0.15, 0.2) is 0 Å². The number of carbonyl (C=O) groups excluding carboxylic acids is 1. The van der Waals surface area contributed by atoms with Gasteiger partial charge in [-0.05, 0) is 53.9 Å². The lowest BCUT2D eigenvalue weighted by Crippen LogP contribution is -2.46. The maximum Gasteiger partial charge on any atom is 0.410 e. The lowest BCUT2D eigenvalue weighted by atomic mass is 9.74. The van der Waals surface area contributed by atoms with Crippen LogP contribution in [0.5, 0.6) is 0 Å². The number of rotatable bonds is 5. The summed E-state index contributed by atoms with van der Waals surface area (Å²) >= 11 is 0. The van der Waals surface area contributed by atoms with Gasteiger partial charge >= 0.3 is 6.09 Å². The highest BCUT2D eigenvalue weighted by molar-refractivity contribution is 5.68. The molecule has 4 heteroatoms. The second-order valence-corrected chi connectivity index (χ2v) is 7.55. The number of piperidine rings is 1. The summed E-state index contributed by atoms with van der Waals surface area (Å²) in [4.78, 5) is 13.9. The van der Waals surface area contributed by atoms with Crippen molar-refractivity contribution in [2.45, 2.75) is 73.3 Å². The molecule has 0 aliphatic carbocycles. The fraction of sp³-hybridized carbons (Fsp3) is 0.682. The summed E-state index contributed by atoms with van der Waals surface area (Å²) in [5.74, 6) is 0. The van der Waals surface area contributed by atoms with Crippen LogP contribution < -0.4 is 0 Å². The van der Waals surface area contributed by atoms with Gasteiger partial charge in [0.25, 0.3) is 0 Å². The van der Waals surface area contributed by atoms with Crippen molar-refractivity contribution in [1.29, 1.82) is 0 Å². The van der Waals surface area contributed by atoms with Crippen LogP contribution in [0.25, 0.3) is 0 Å². The zero-order valence-electron chi connectivity index (χ0n) is 17.8.